The zero-order valence-corrected chi connectivity index (χ0v) is 20.3. The average Bonchev–Trinajstić information content (AvgIpc) is 2.83. The molecule has 2 heterocycles. The van der Waals surface area contributed by atoms with Crippen molar-refractivity contribution in [2.75, 3.05) is 14.2 Å². The summed E-state index contributed by atoms with van der Waals surface area (Å²) < 4.78 is 10.7. The summed E-state index contributed by atoms with van der Waals surface area (Å²) in [5, 5.41) is 33.7. The zero-order chi connectivity index (χ0) is 24.7. The van der Waals surface area contributed by atoms with Gasteiger partial charge in [-0.1, -0.05) is 47.9 Å². The molecule has 0 aliphatic heterocycles. The number of carbonyl (C=O) groups is 1. The maximum Gasteiger partial charge on any atom is 3.00 e. The summed E-state index contributed by atoms with van der Waals surface area (Å²) in [5.74, 6) is -0.519. The molecule has 0 unspecified atom stereocenters. The fourth-order valence-corrected chi connectivity index (χ4v) is 3.30. The van der Waals surface area contributed by atoms with Crippen molar-refractivity contribution in [2.24, 2.45) is 0 Å². The van der Waals surface area contributed by atoms with E-state index in [0.717, 1.165) is 6.92 Å². The van der Waals surface area contributed by atoms with Gasteiger partial charge in [-0.25, -0.2) is 9.97 Å². The first-order valence-corrected chi connectivity index (χ1v) is 10.2. The normalized spacial score (nSPS) is 9.80. The second-order valence-corrected chi connectivity index (χ2v) is 6.97. The maximum atomic E-state index is 12.4. The van der Waals surface area contributed by atoms with Crippen LogP contribution in [0, 0.1) is 0 Å². The molecule has 0 atom stereocenters. The predicted octanol–water partition coefficient (Wildman–Crippen LogP) is 2.40. The van der Waals surface area contributed by atoms with E-state index in [1.807, 2.05) is 0 Å². The molecule has 178 valence electrons. The quantitative estimate of drug-likeness (QED) is 0.373. The van der Waals surface area contributed by atoms with Gasteiger partial charge in [-0.15, -0.1) is 0 Å². The Morgan fingerprint density at radius 3 is 1.31 bits per heavy atom. The van der Waals surface area contributed by atoms with Crippen LogP contribution in [-0.4, -0.2) is 30.2 Å². The Kier molecular flexibility index (Phi) is 9.63. The van der Waals surface area contributed by atoms with Crippen LogP contribution in [0.1, 0.15) is 6.92 Å². The minimum absolute atomic E-state index is 0. The number of pyridine rings is 2. The molecule has 0 bridgehead atoms. The van der Waals surface area contributed by atoms with Gasteiger partial charge in [-0.3, -0.25) is 0 Å². The van der Waals surface area contributed by atoms with Gasteiger partial charge in [-0.2, -0.15) is 0 Å². The van der Waals surface area contributed by atoms with Gasteiger partial charge in [0.15, 0.2) is 0 Å². The zero-order valence-electron chi connectivity index (χ0n) is 19.2. The minimum Gasteiger partial charge on any atom is -0.872 e. The van der Waals surface area contributed by atoms with E-state index in [1.54, 1.807) is 60.7 Å². The molecule has 4 rings (SSSR count). The number of hydrogen-bond acceptors (Lipinski definition) is 8. The van der Waals surface area contributed by atoms with Crippen LogP contribution in [0.5, 0.6) is 23.0 Å². The number of benzene rings is 2. The number of carbonyl (C=O) groups excluding carboxylic acids is 1. The summed E-state index contributed by atoms with van der Waals surface area (Å²) in [6.07, 6.45) is 0. The smallest absolute Gasteiger partial charge is 0.872 e. The minimum atomic E-state index is -1.08. The Labute approximate surface area is 213 Å². The van der Waals surface area contributed by atoms with E-state index < -0.39 is 5.97 Å². The van der Waals surface area contributed by atoms with Crippen LogP contribution in [0.2, 0.25) is 0 Å². The van der Waals surface area contributed by atoms with Crippen LogP contribution in [0.15, 0.2) is 72.8 Å². The molecule has 2 aromatic carbocycles. The second-order valence-electron chi connectivity index (χ2n) is 6.97. The number of aliphatic carboxylic acids is 1. The summed E-state index contributed by atoms with van der Waals surface area (Å²) in [5.41, 5.74) is 2.91. The number of rotatable bonds is 5. The van der Waals surface area contributed by atoms with Crippen molar-refractivity contribution in [1.82, 2.24) is 9.97 Å². The molecule has 8 nitrogen and oxygen atoms in total. The van der Waals surface area contributed by atoms with Crippen LogP contribution >= 0.6 is 0 Å². The fourth-order valence-electron chi connectivity index (χ4n) is 3.30. The van der Waals surface area contributed by atoms with Gasteiger partial charge in [0.2, 0.25) is 0 Å². The molecule has 0 saturated carbocycles. The van der Waals surface area contributed by atoms with Crippen molar-refractivity contribution in [3.8, 4) is 56.9 Å². The number of carboxylic acids is 1. The molecule has 0 aliphatic rings. The first kappa shape index (κ1) is 27.2. The maximum absolute atomic E-state index is 12.4. The molecule has 2 aromatic heterocycles. The summed E-state index contributed by atoms with van der Waals surface area (Å²) in [4.78, 5) is 18.2. The van der Waals surface area contributed by atoms with E-state index >= 15 is 0 Å². The third-order valence-corrected chi connectivity index (χ3v) is 4.69. The van der Waals surface area contributed by atoms with Gasteiger partial charge in [0.05, 0.1) is 37.0 Å². The van der Waals surface area contributed by atoms with E-state index in [2.05, 4.69) is 9.97 Å². The molecule has 0 N–H and O–H groups in total. The van der Waals surface area contributed by atoms with Crippen LogP contribution < -0.4 is 24.8 Å². The van der Waals surface area contributed by atoms with E-state index in [-0.39, 0.29) is 28.6 Å². The summed E-state index contributed by atoms with van der Waals surface area (Å²) >= 11 is 0. The standard InChI is InChI=1S/C24H20N2O4.C2H4O2.Mn/c1-29-21-13-5-11-19(27)23(21)17-9-3-7-15(25-17)16-8-4-10-18(26-16)24-20(28)12-6-14-22(24)30-2;1-2(3)4;/h3-14,27-28H,1-2H3;1H3,(H,3,4);/q;;+3/p-3. The van der Waals surface area contributed by atoms with Gasteiger partial charge in [0.1, 0.15) is 11.5 Å². The third kappa shape index (κ3) is 6.50. The molecular weight excluding hydrogens is 491 g/mol. The van der Waals surface area contributed by atoms with Gasteiger partial charge >= 0.3 is 17.1 Å². The first-order chi connectivity index (χ1) is 16.3. The van der Waals surface area contributed by atoms with Crippen molar-refractivity contribution in [3.63, 3.8) is 0 Å². The summed E-state index contributed by atoms with van der Waals surface area (Å²) in [6.45, 7) is 0.972. The van der Waals surface area contributed by atoms with Crippen LogP contribution in [-0.2, 0) is 21.9 Å². The molecule has 0 fully saturated rings. The molecule has 9 heteroatoms. The fraction of sp³-hybridized carbons (Fsp3) is 0.115. The second kappa shape index (κ2) is 12.4. The number of nitrogens with zero attached hydrogens (tertiary/aromatic N) is 2. The summed E-state index contributed by atoms with van der Waals surface area (Å²) in [6, 6.07) is 20.4. The molecule has 0 radical (unpaired) electrons. The molecule has 0 amide bonds. The SMILES string of the molecule is CC(=O)[O-].COc1cccc([O-])c1-c1cccc(-c2cccc(-c3c([O-])cccc3OC)n2)n1.[Mn+3]. The van der Waals surface area contributed by atoms with Gasteiger partial charge in [-0.05, 0) is 43.3 Å². The van der Waals surface area contributed by atoms with Crippen LogP contribution in [0.25, 0.3) is 33.9 Å². The van der Waals surface area contributed by atoms with E-state index in [1.165, 1.54) is 26.4 Å². The van der Waals surface area contributed by atoms with Gasteiger partial charge < -0.3 is 29.6 Å². The van der Waals surface area contributed by atoms with Crippen molar-refractivity contribution in [1.29, 1.82) is 0 Å². The molecule has 0 spiro atoms. The number of carboxylic acid groups (broad SMARTS) is 1. The number of ether oxygens (including phenoxy) is 2. The van der Waals surface area contributed by atoms with Crippen molar-refractivity contribution < 1.29 is 46.7 Å². The summed E-state index contributed by atoms with van der Waals surface area (Å²) in [7, 11) is 3.03. The number of aromatic nitrogens is 2. The largest absolute Gasteiger partial charge is 3.00 e. The predicted molar refractivity (Wildman–Crippen MR) is 121 cm³/mol. The molecule has 35 heavy (non-hydrogen) atoms. The number of methoxy groups -OCH3 is 2. The van der Waals surface area contributed by atoms with Gasteiger partial charge in [0.25, 0.3) is 0 Å². The van der Waals surface area contributed by atoms with Gasteiger partial charge in [0, 0.05) is 17.1 Å². The average molecular weight is 512 g/mol. The Bertz CT molecular complexity index is 1210. The Balaban J connectivity index is 0.000000804. The van der Waals surface area contributed by atoms with E-state index in [0.29, 0.717) is 45.4 Å². The molecule has 0 saturated heterocycles. The van der Waals surface area contributed by atoms with Crippen molar-refractivity contribution in [3.05, 3.63) is 72.8 Å². The first-order valence-electron chi connectivity index (χ1n) is 10.2. The monoisotopic (exact) mass is 512 g/mol. The van der Waals surface area contributed by atoms with Crippen LogP contribution in [0.4, 0.5) is 0 Å². The van der Waals surface area contributed by atoms with Crippen molar-refractivity contribution >= 4 is 5.97 Å². The van der Waals surface area contributed by atoms with E-state index in [9.17, 15) is 10.2 Å². The Hall–Kier alpha value is -4.07. The number of hydrogen-bond donors (Lipinski definition) is 0. The van der Waals surface area contributed by atoms with Crippen molar-refractivity contribution in [2.45, 2.75) is 6.92 Å². The van der Waals surface area contributed by atoms with Crippen LogP contribution in [0.3, 0.4) is 0 Å². The van der Waals surface area contributed by atoms with E-state index in [4.69, 9.17) is 19.4 Å². The molecule has 0 aliphatic carbocycles. The molecular formula is C26H21MnN2O6. The Morgan fingerprint density at radius 2 is 0.971 bits per heavy atom. The third-order valence-electron chi connectivity index (χ3n) is 4.69. The Morgan fingerprint density at radius 1 is 0.657 bits per heavy atom. The topological polar surface area (TPSA) is 130 Å². The molecule has 4 aromatic rings.